The molecule has 0 unspecified atom stereocenters. The number of halogens is 1. The molecule has 27 heavy (non-hydrogen) atoms. The molecular formula is C25H19BrS. The van der Waals surface area contributed by atoms with E-state index in [-0.39, 0.29) is 0 Å². The molecule has 0 fully saturated rings. The molecule has 2 aromatic carbocycles. The summed E-state index contributed by atoms with van der Waals surface area (Å²) in [6, 6.07) is 14.8. The monoisotopic (exact) mass is 430 g/mol. The Kier molecular flexibility index (Phi) is 4.86. The molecular weight excluding hydrogens is 412 g/mol. The van der Waals surface area contributed by atoms with Crippen LogP contribution in [0.15, 0.2) is 89.5 Å². The SMILES string of the molecule is C=C(/C=C\C1=CCc2cc(Br)ccc21)C(=C)/C=c1\c(=C)sc2ccccc12. The van der Waals surface area contributed by atoms with Gasteiger partial charge in [0.1, 0.15) is 0 Å². The fraction of sp³-hybridized carbons (Fsp3) is 0.0400. The summed E-state index contributed by atoms with van der Waals surface area (Å²) in [4.78, 5) is 0. The van der Waals surface area contributed by atoms with Gasteiger partial charge < -0.3 is 0 Å². The van der Waals surface area contributed by atoms with Crippen LogP contribution in [0, 0.1) is 0 Å². The van der Waals surface area contributed by atoms with E-state index in [1.807, 2.05) is 0 Å². The van der Waals surface area contributed by atoms with Crippen molar-refractivity contribution in [3.8, 4) is 0 Å². The van der Waals surface area contributed by atoms with E-state index in [0.717, 1.165) is 31.8 Å². The zero-order chi connectivity index (χ0) is 19.0. The summed E-state index contributed by atoms with van der Waals surface area (Å²) < 4.78 is 3.44. The van der Waals surface area contributed by atoms with Crippen LogP contribution in [0.4, 0.5) is 0 Å². The molecule has 0 saturated heterocycles. The largest absolute Gasteiger partial charge is 0.136 e. The summed E-state index contributed by atoms with van der Waals surface area (Å²) in [5.41, 5.74) is 5.71. The second kappa shape index (κ2) is 7.30. The van der Waals surface area contributed by atoms with Gasteiger partial charge in [-0.05, 0) is 58.5 Å². The van der Waals surface area contributed by atoms with E-state index >= 15 is 0 Å². The van der Waals surface area contributed by atoms with Crippen molar-refractivity contribution in [2.45, 2.75) is 6.42 Å². The molecule has 0 atom stereocenters. The highest BCUT2D eigenvalue weighted by molar-refractivity contribution is 9.10. The average molecular weight is 431 g/mol. The Labute approximate surface area is 172 Å². The van der Waals surface area contributed by atoms with E-state index in [1.54, 1.807) is 11.3 Å². The fourth-order valence-corrected chi connectivity index (χ4v) is 4.73. The van der Waals surface area contributed by atoms with Gasteiger partial charge >= 0.3 is 0 Å². The van der Waals surface area contributed by atoms with Crippen LogP contribution in [0.5, 0.6) is 0 Å². The third-order valence-corrected chi connectivity index (χ3v) is 6.36. The fourth-order valence-electron chi connectivity index (χ4n) is 3.34. The molecule has 1 aliphatic carbocycles. The first-order valence-electron chi connectivity index (χ1n) is 8.76. The Balaban J connectivity index is 1.59. The quantitative estimate of drug-likeness (QED) is 0.434. The number of thiophene rings is 1. The van der Waals surface area contributed by atoms with Crippen molar-refractivity contribution in [1.82, 2.24) is 0 Å². The zero-order valence-corrected chi connectivity index (χ0v) is 17.4. The van der Waals surface area contributed by atoms with Gasteiger partial charge in [0.15, 0.2) is 0 Å². The molecule has 0 nitrogen and oxygen atoms in total. The van der Waals surface area contributed by atoms with Gasteiger partial charge in [-0.1, -0.05) is 78.2 Å². The van der Waals surface area contributed by atoms with E-state index in [1.165, 1.54) is 26.8 Å². The number of fused-ring (bicyclic) bond motifs is 2. The van der Waals surface area contributed by atoms with Gasteiger partial charge in [-0.2, -0.15) is 0 Å². The van der Waals surface area contributed by atoms with Crippen molar-refractivity contribution in [1.29, 1.82) is 0 Å². The Bertz CT molecular complexity index is 1250. The second-order valence-electron chi connectivity index (χ2n) is 6.63. The standard InChI is InChI=1S/C25H19BrS/c1-16(8-9-19-10-11-20-15-21(26)12-13-22(19)20)17(2)14-24-18(3)27-25-7-5-4-6-23(24)25/h4-10,12-15H,1-3,11H2/b9-8-,24-14+. The molecule has 0 radical (unpaired) electrons. The predicted octanol–water partition coefficient (Wildman–Crippen LogP) is 6.16. The zero-order valence-electron chi connectivity index (χ0n) is 15.0. The summed E-state index contributed by atoms with van der Waals surface area (Å²) in [7, 11) is 0. The molecule has 0 bridgehead atoms. The maximum Gasteiger partial charge on any atom is 0.0355 e. The van der Waals surface area contributed by atoms with Gasteiger partial charge in [0.25, 0.3) is 0 Å². The van der Waals surface area contributed by atoms with Gasteiger partial charge in [-0.25, -0.2) is 0 Å². The van der Waals surface area contributed by atoms with Crippen molar-refractivity contribution in [3.63, 3.8) is 0 Å². The summed E-state index contributed by atoms with van der Waals surface area (Å²) in [6.07, 6.45) is 9.52. The topological polar surface area (TPSA) is 0 Å². The first kappa shape index (κ1) is 18.0. The highest BCUT2D eigenvalue weighted by Crippen LogP contribution is 2.31. The normalized spacial score (nSPS) is 14.0. The first-order chi connectivity index (χ1) is 13.0. The smallest absolute Gasteiger partial charge is 0.0355 e. The Morgan fingerprint density at radius 1 is 1.07 bits per heavy atom. The van der Waals surface area contributed by atoms with Gasteiger partial charge in [0.05, 0.1) is 0 Å². The van der Waals surface area contributed by atoms with Crippen LogP contribution in [-0.2, 0) is 6.42 Å². The minimum absolute atomic E-state index is 0.911. The van der Waals surface area contributed by atoms with Crippen LogP contribution in [0.3, 0.4) is 0 Å². The second-order valence-corrected chi connectivity index (χ2v) is 8.68. The van der Waals surface area contributed by atoms with E-state index < -0.39 is 0 Å². The van der Waals surface area contributed by atoms with Gasteiger partial charge in [-0.3, -0.25) is 0 Å². The van der Waals surface area contributed by atoms with Crippen LogP contribution >= 0.6 is 27.3 Å². The van der Waals surface area contributed by atoms with Gasteiger partial charge in [0, 0.05) is 24.3 Å². The minimum atomic E-state index is 0.911. The Morgan fingerprint density at radius 2 is 1.89 bits per heavy atom. The van der Waals surface area contributed by atoms with Crippen molar-refractivity contribution in [3.05, 3.63) is 110 Å². The lowest BCUT2D eigenvalue weighted by atomic mass is 10.0. The van der Waals surface area contributed by atoms with Crippen LogP contribution in [-0.4, -0.2) is 0 Å². The lowest BCUT2D eigenvalue weighted by Crippen LogP contribution is -2.16. The summed E-state index contributed by atoms with van der Waals surface area (Å²) >= 11 is 5.26. The van der Waals surface area contributed by atoms with E-state index in [4.69, 9.17) is 0 Å². The number of allylic oxidation sites excluding steroid dienone is 6. The number of hydrogen-bond acceptors (Lipinski definition) is 1. The maximum atomic E-state index is 4.22. The Hall–Kier alpha value is -2.42. The third kappa shape index (κ3) is 3.55. The summed E-state index contributed by atoms with van der Waals surface area (Å²) in [5.74, 6) is 0. The number of benzene rings is 2. The molecule has 1 aliphatic rings. The molecule has 132 valence electrons. The number of rotatable bonds is 4. The molecule has 0 amide bonds. The molecule has 2 heteroatoms. The van der Waals surface area contributed by atoms with Crippen LogP contribution in [0.1, 0.15) is 11.1 Å². The van der Waals surface area contributed by atoms with Crippen LogP contribution in [0.25, 0.3) is 28.3 Å². The highest BCUT2D eigenvalue weighted by Gasteiger charge is 2.11. The van der Waals surface area contributed by atoms with Crippen molar-refractivity contribution in [2.24, 2.45) is 0 Å². The molecule has 0 saturated carbocycles. The lowest BCUT2D eigenvalue weighted by Gasteiger charge is -2.03. The summed E-state index contributed by atoms with van der Waals surface area (Å²) in [6.45, 7) is 12.6. The third-order valence-electron chi connectivity index (χ3n) is 4.83. The molecule has 0 N–H and O–H groups in total. The molecule has 1 heterocycles. The van der Waals surface area contributed by atoms with E-state index in [0.29, 0.717) is 0 Å². The first-order valence-corrected chi connectivity index (χ1v) is 10.4. The predicted molar refractivity (Wildman–Crippen MR) is 124 cm³/mol. The molecule has 3 aromatic rings. The molecule has 4 rings (SSSR count). The van der Waals surface area contributed by atoms with Crippen molar-refractivity contribution in [2.75, 3.05) is 0 Å². The summed E-state index contributed by atoms with van der Waals surface area (Å²) in [5, 5.41) is 2.37. The van der Waals surface area contributed by atoms with E-state index in [9.17, 15) is 0 Å². The lowest BCUT2D eigenvalue weighted by molar-refractivity contribution is 1.30. The molecule has 0 spiro atoms. The highest BCUT2D eigenvalue weighted by atomic mass is 79.9. The van der Waals surface area contributed by atoms with Crippen LogP contribution < -0.4 is 9.75 Å². The van der Waals surface area contributed by atoms with Crippen molar-refractivity contribution >= 4 is 55.6 Å². The van der Waals surface area contributed by atoms with E-state index in [2.05, 4.69) is 102 Å². The minimum Gasteiger partial charge on any atom is -0.136 e. The Morgan fingerprint density at radius 3 is 2.74 bits per heavy atom. The maximum absolute atomic E-state index is 4.22. The van der Waals surface area contributed by atoms with Gasteiger partial charge in [0.2, 0.25) is 0 Å². The average Bonchev–Trinajstić information content (AvgIpc) is 3.20. The van der Waals surface area contributed by atoms with Crippen LogP contribution in [0.2, 0.25) is 0 Å². The van der Waals surface area contributed by atoms with Crippen molar-refractivity contribution < 1.29 is 0 Å². The number of hydrogen-bond donors (Lipinski definition) is 0. The molecule has 1 aromatic heterocycles. The molecule has 0 aliphatic heterocycles. The van der Waals surface area contributed by atoms with Gasteiger partial charge in [-0.15, -0.1) is 11.3 Å².